The van der Waals surface area contributed by atoms with Crippen molar-refractivity contribution in [3.05, 3.63) is 29.8 Å². The van der Waals surface area contributed by atoms with E-state index in [9.17, 15) is 4.79 Å². The zero-order valence-electron chi connectivity index (χ0n) is 9.14. The van der Waals surface area contributed by atoms with Crippen molar-refractivity contribution in [2.75, 3.05) is 24.7 Å². The van der Waals surface area contributed by atoms with Crippen LogP contribution in [0.2, 0.25) is 0 Å². The molecule has 16 heavy (non-hydrogen) atoms. The minimum Gasteiger partial charge on any atom is -0.481 e. The van der Waals surface area contributed by atoms with Crippen LogP contribution in [0.3, 0.4) is 0 Å². The normalized spacial score (nSPS) is 9.88. The molecule has 0 saturated carbocycles. The highest BCUT2D eigenvalue weighted by atomic mass is 32.2. The number of anilines is 1. The lowest BCUT2D eigenvalue weighted by atomic mass is 10.2. The van der Waals surface area contributed by atoms with Gasteiger partial charge in [0.05, 0.1) is 9.95 Å². The molecule has 1 N–H and O–H groups in total. The maximum absolute atomic E-state index is 10.4. The number of benzene rings is 1. The van der Waals surface area contributed by atoms with Gasteiger partial charge in [0.15, 0.2) is 0 Å². The molecule has 1 aromatic rings. The van der Waals surface area contributed by atoms with Crippen LogP contribution in [0.4, 0.5) is 5.69 Å². The average molecular weight is 255 g/mol. The van der Waals surface area contributed by atoms with Gasteiger partial charge in [-0.1, -0.05) is 24.4 Å². The molecule has 0 aromatic heterocycles. The first-order valence-corrected chi connectivity index (χ1v) is 6.06. The number of carboxylic acids is 1. The molecule has 0 aliphatic rings. The standard InChI is InChI=1S/C11H13NO2S2/c1-12(2)9-5-3-8(4-6-9)11(15)16-7-10(13)14/h3-6H,7H2,1-2H3,(H,13,14). The Balaban J connectivity index is 2.66. The van der Waals surface area contributed by atoms with Gasteiger partial charge in [-0.3, -0.25) is 4.79 Å². The number of thioether (sulfide) groups is 1. The second-order valence-corrected chi connectivity index (χ2v) is 5.06. The molecule has 3 nitrogen and oxygen atoms in total. The summed E-state index contributed by atoms with van der Waals surface area (Å²) in [7, 11) is 3.93. The van der Waals surface area contributed by atoms with Crippen LogP contribution >= 0.6 is 24.0 Å². The largest absolute Gasteiger partial charge is 0.481 e. The molecule has 0 bridgehead atoms. The minimum absolute atomic E-state index is 0.00820. The highest BCUT2D eigenvalue weighted by molar-refractivity contribution is 8.24. The highest BCUT2D eigenvalue weighted by Gasteiger charge is 2.05. The molecule has 86 valence electrons. The topological polar surface area (TPSA) is 40.5 Å². The fourth-order valence-corrected chi connectivity index (χ4v) is 1.98. The van der Waals surface area contributed by atoms with Gasteiger partial charge in [0.25, 0.3) is 0 Å². The lowest BCUT2D eigenvalue weighted by Gasteiger charge is -2.12. The summed E-state index contributed by atoms with van der Waals surface area (Å²) in [6.07, 6.45) is 0. The molecule has 0 radical (unpaired) electrons. The van der Waals surface area contributed by atoms with Crippen molar-refractivity contribution in [3.8, 4) is 0 Å². The van der Waals surface area contributed by atoms with Gasteiger partial charge in [0.1, 0.15) is 0 Å². The number of nitrogens with zero attached hydrogens (tertiary/aromatic N) is 1. The molecule has 0 unspecified atom stereocenters. The molecule has 1 aromatic carbocycles. The van der Waals surface area contributed by atoms with E-state index in [2.05, 4.69) is 0 Å². The number of carboxylic acid groups (broad SMARTS) is 1. The second kappa shape index (κ2) is 5.86. The fraction of sp³-hybridized carbons (Fsp3) is 0.273. The highest BCUT2D eigenvalue weighted by Crippen LogP contribution is 2.17. The maximum Gasteiger partial charge on any atom is 0.313 e. The average Bonchev–Trinajstić information content (AvgIpc) is 2.26. The van der Waals surface area contributed by atoms with Gasteiger partial charge in [-0.2, -0.15) is 0 Å². The molecular weight excluding hydrogens is 242 g/mol. The molecule has 0 fully saturated rings. The van der Waals surface area contributed by atoms with Crippen LogP contribution in [0.1, 0.15) is 5.56 Å². The first kappa shape index (κ1) is 13.0. The van der Waals surface area contributed by atoms with Crippen molar-refractivity contribution >= 4 is 39.8 Å². The van der Waals surface area contributed by atoms with E-state index in [4.69, 9.17) is 17.3 Å². The third-order valence-electron chi connectivity index (χ3n) is 1.95. The van der Waals surface area contributed by atoms with E-state index in [-0.39, 0.29) is 5.75 Å². The van der Waals surface area contributed by atoms with Crippen LogP contribution in [-0.4, -0.2) is 35.1 Å². The first-order valence-electron chi connectivity index (χ1n) is 4.67. The summed E-state index contributed by atoms with van der Waals surface area (Å²) >= 11 is 6.30. The van der Waals surface area contributed by atoms with Gasteiger partial charge < -0.3 is 10.0 Å². The lowest BCUT2D eigenvalue weighted by Crippen LogP contribution is -2.08. The molecule has 0 heterocycles. The Hall–Kier alpha value is -1.07. The van der Waals surface area contributed by atoms with E-state index >= 15 is 0 Å². The number of hydrogen-bond acceptors (Lipinski definition) is 4. The van der Waals surface area contributed by atoms with Crippen LogP contribution in [0, 0.1) is 0 Å². The zero-order chi connectivity index (χ0) is 12.1. The molecule has 0 aliphatic carbocycles. The van der Waals surface area contributed by atoms with Gasteiger partial charge in [0.2, 0.25) is 0 Å². The van der Waals surface area contributed by atoms with Crippen LogP contribution in [0.15, 0.2) is 24.3 Å². The minimum atomic E-state index is -0.850. The summed E-state index contributed by atoms with van der Waals surface area (Å²) in [6.45, 7) is 0. The second-order valence-electron chi connectivity index (χ2n) is 3.41. The quantitative estimate of drug-likeness (QED) is 0.836. The maximum atomic E-state index is 10.4. The monoisotopic (exact) mass is 255 g/mol. The third kappa shape index (κ3) is 3.83. The van der Waals surface area contributed by atoms with Gasteiger partial charge in [0, 0.05) is 19.8 Å². The van der Waals surface area contributed by atoms with Crippen molar-refractivity contribution < 1.29 is 9.90 Å². The Kier molecular flexibility index (Phi) is 4.76. The Labute approximate surface area is 104 Å². The van der Waals surface area contributed by atoms with Gasteiger partial charge in [-0.05, 0) is 17.7 Å². The van der Waals surface area contributed by atoms with E-state index in [0.717, 1.165) is 11.3 Å². The van der Waals surface area contributed by atoms with Gasteiger partial charge in [-0.15, -0.1) is 11.8 Å². The zero-order valence-corrected chi connectivity index (χ0v) is 10.8. The van der Waals surface area contributed by atoms with E-state index in [0.29, 0.717) is 4.20 Å². The molecule has 5 heteroatoms. The summed E-state index contributed by atoms with van der Waals surface area (Å²) in [5.41, 5.74) is 1.99. The number of aliphatic carboxylic acids is 1. The molecule has 0 atom stereocenters. The predicted octanol–water partition coefficient (Wildman–Crippen LogP) is 2.25. The molecule has 0 aliphatic heterocycles. The van der Waals surface area contributed by atoms with Crippen molar-refractivity contribution in [1.82, 2.24) is 0 Å². The Morgan fingerprint density at radius 2 is 1.94 bits per heavy atom. The van der Waals surface area contributed by atoms with Crippen molar-refractivity contribution in [2.24, 2.45) is 0 Å². The summed E-state index contributed by atoms with van der Waals surface area (Å²) < 4.78 is 0.618. The summed E-state index contributed by atoms with van der Waals surface area (Å²) in [5.74, 6) is -0.842. The van der Waals surface area contributed by atoms with E-state index < -0.39 is 5.97 Å². The van der Waals surface area contributed by atoms with Crippen LogP contribution < -0.4 is 4.90 Å². The Morgan fingerprint density at radius 1 is 1.38 bits per heavy atom. The fourth-order valence-electron chi connectivity index (χ4n) is 1.11. The predicted molar refractivity (Wildman–Crippen MR) is 72.6 cm³/mol. The van der Waals surface area contributed by atoms with Gasteiger partial charge >= 0.3 is 5.97 Å². The Morgan fingerprint density at radius 3 is 2.38 bits per heavy atom. The molecule has 1 rings (SSSR count). The van der Waals surface area contributed by atoms with E-state index in [1.165, 1.54) is 11.8 Å². The smallest absolute Gasteiger partial charge is 0.313 e. The molecule has 0 saturated heterocycles. The van der Waals surface area contributed by atoms with Crippen molar-refractivity contribution in [3.63, 3.8) is 0 Å². The lowest BCUT2D eigenvalue weighted by molar-refractivity contribution is -0.133. The first-order chi connectivity index (χ1) is 7.50. The van der Waals surface area contributed by atoms with Crippen molar-refractivity contribution in [1.29, 1.82) is 0 Å². The van der Waals surface area contributed by atoms with E-state index in [1.54, 1.807) is 0 Å². The number of hydrogen-bond donors (Lipinski definition) is 1. The number of thiocarbonyl (C=S) groups is 1. The number of rotatable bonds is 4. The molecular formula is C11H13NO2S2. The molecule has 0 amide bonds. The van der Waals surface area contributed by atoms with Crippen LogP contribution in [0.5, 0.6) is 0 Å². The van der Waals surface area contributed by atoms with E-state index in [1.807, 2.05) is 43.3 Å². The van der Waals surface area contributed by atoms with Crippen LogP contribution in [0.25, 0.3) is 0 Å². The third-order valence-corrected chi connectivity index (χ3v) is 3.42. The summed E-state index contributed by atoms with van der Waals surface area (Å²) in [5, 5.41) is 8.54. The van der Waals surface area contributed by atoms with Crippen molar-refractivity contribution in [2.45, 2.75) is 0 Å². The Bertz CT molecular complexity index is 387. The number of carbonyl (C=O) groups is 1. The SMILES string of the molecule is CN(C)c1ccc(C(=S)SCC(=O)O)cc1. The summed E-state index contributed by atoms with van der Waals surface area (Å²) in [4.78, 5) is 12.4. The van der Waals surface area contributed by atoms with Crippen LogP contribution in [-0.2, 0) is 4.79 Å². The summed E-state index contributed by atoms with van der Waals surface area (Å²) in [6, 6.07) is 7.74. The molecule has 0 spiro atoms. The van der Waals surface area contributed by atoms with Gasteiger partial charge in [-0.25, -0.2) is 0 Å².